The third-order valence-electron chi connectivity index (χ3n) is 1.58. The standard InChI is InChI=1S/C11H12N2O3/c14-11(15)13-6-8-16-7-2-4-10-3-1-5-12-9-10/h1,3,5,9,13H,6-8H2,(H,14,15)/p-1. The molecule has 1 aromatic rings. The highest BCUT2D eigenvalue weighted by Gasteiger charge is 1.86. The molecule has 84 valence electrons. The molecule has 5 nitrogen and oxygen atoms in total. The molecule has 1 amide bonds. The van der Waals surface area contributed by atoms with E-state index in [-0.39, 0.29) is 19.8 Å². The summed E-state index contributed by atoms with van der Waals surface area (Å²) >= 11 is 0. The van der Waals surface area contributed by atoms with Crippen LogP contribution in [0, 0.1) is 11.8 Å². The highest BCUT2D eigenvalue weighted by molar-refractivity contribution is 5.61. The summed E-state index contributed by atoms with van der Waals surface area (Å²) in [6.07, 6.45) is 2.03. The molecule has 0 unspecified atom stereocenters. The number of rotatable bonds is 4. The van der Waals surface area contributed by atoms with E-state index in [1.807, 2.05) is 6.07 Å². The van der Waals surface area contributed by atoms with Crippen molar-refractivity contribution in [2.24, 2.45) is 0 Å². The maximum atomic E-state index is 9.96. The fourth-order valence-electron chi connectivity index (χ4n) is 0.923. The molecule has 0 atom stereocenters. The minimum Gasteiger partial charge on any atom is -0.530 e. The Hall–Kier alpha value is -2.06. The van der Waals surface area contributed by atoms with E-state index >= 15 is 0 Å². The lowest BCUT2D eigenvalue weighted by atomic mass is 10.3. The van der Waals surface area contributed by atoms with Crippen molar-refractivity contribution in [2.75, 3.05) is 19.8 Å². The van der Waals surface area contributed by atoms with Gasteiger partial charge in [-0.1, -0.05) is 11.8 Å². The lowest BCUT2D eigenvalue weighted by molar-refractivity contribution is -0.250. The van der Waals surface area contributed by atoms with E-state index < -0.39 is 6.09 Å². The predicted molar refractivity (Wildman–Crippen MR) is 55.3 cm³/mol. The van der Waals surface area contributed by atoms with Gasteiger partial charge in [0.05, 0.1) is 6.61 Å². The second kappa shape index (κ2) is 7.26. The quantitative estimate of drug-likeness (QED) is 0.541. The molecule has 0 bridgehead atoms. The van der Waals surface area contributed by atoms with Gasteiger partial charge in [-0.2, -0.15) is 0 Å². The average Bonchev–Trinajstić information content (AvgIpc) is 2.29. The molecule has 0 spiro atoms. The normalized spacial score (nSPS) is 9.00. The number of nitrogens with zero attached hydrogens (tertiary/aromatic N) is 1. The molecule has 1 N–H and O–H groups in total. The van der Waals surface area contributed by atoms with E-state index in [9.17, 15) is 9.90 Å². The number of hydrogen-bond acceptors (Lipinski definition) is 4. The Kier molecular flexibility index (Phi) is 5.45. The molecule has 0 aliphatic heterocycles. The topological polar surface area (TPSA) is 74.3 Å². The van der Waals surface area contributed by atoms with Crippen molar-refractivity contribution in [3.63, 3.8) is 0 Å². The maximum Gasteiger partial charge on any atom is 0.134 e. The first kappa shape index (κ1) is 12.0. The second-order valence-electron chi connectivity index (χ2n) is 2.81. The number of carboxylic acid groups (broad SMARTS) is 1. The van der Waals surface area contributed by atoms with Gasteiger partial charge in [0.25, 0.3) is 0 Å². The lowest BCUT2D eigenvalue weighted by Crippen LogP contribution is -2.38. The van der Waals surface area contributed by atoms with Crippen LogP contribution in [0.3, 0.4) is 0 Å². The van der Waals surface area contributed by atoms with Crippen molar-refractivity contribution < 1.29 is 14.6 Å². The number of hydrogen-bond donors (Lipinski definition) is 1. The summed E-state index contributed by atoms with van der Waals surface area (Å²) in [4.78, 5) is 13.9. The average molecular weight is 219 g/mol. The number of nitrogens with one attached hydrogen (secondary N) is 1. The fraction of sp³-hybridized carbons (Fsp3) is 0.273. The zero-order valence-electron chi connectivity index (χ0n) is 8.60. The third kappa shape index (κ3) is 5.62. The summed E-state index contributed by atoms with van der Waals surface area (Å²) in [5.41, 5.74) is 0.818. The van der Waals surface area contributed by atoms with Gasteiger partial charge in [0.2, 0.25) is 0 Å². The van der Waals surface area contributed by atoms with Crippen LogP contribution in [0.25, 0.3) is 0 Å². The molecule has 1 rings (SSSR count). The predicted octanol–water partition coefficient (Wildman–Crippen LogP) is -0.617. The van der Waals surface area contributed by atoms with Gasteiger partial charge in [0.1, 0.15) is 12.7 Å². The number of carbonyl (C=O) groups excluding carboxylic acids is 1. The van der Waals surface area contributed by atoms with Crippen LogP contribution in [0.4, 0.5) is 4.79 Å². The second-order valence-corrected chi connectivity index (χ2v) is 2.81. The Morgan fingerprint density at radius 2 is 2.50 bits per heavy atom. The third-order valence-corrected chi connectivity index (χ3v) is 1.58. The van der Waals surface area contributed by atoms with Crippen molar-refractivity contribution in [3.8, 4) is 11.8 Å². The molecule has 5 heteroatoms. The molecule has 1 aromatic heterocycles. The number of carbonyl (C=O) groups is 1. The van der Waals surface area contributed by atoms with Crippen molar-refractivity contribution in [1.82, 2.24) is 10.3 Å². The van der Waals surface area contributed by atoms with Crippen LogP contribution < -0.4 is 10.4 Å². The first-order valence-corrected chi connectivity index (χ1v) is 4.70. The molecule has 0 aromatic carbocycles. The van der Waals surface area contributed by atoms with Crippen LogP contribution in [0.5, 0.6) is 0 Å². The summed E-state index contributed by atoms with van der Waals surface area (Å²) < 4.78 is 5.06. The Balaban J connectivity index is 2.12. The zero-order valence-corrected chi connectivity index (χ0v) is 8.60. The summed E-state index contributed by atoms with van der Waals surface area (Å²) in [5.74, 6) is 5.64. The van der Waals surface area contributed by atoms with E-state index in [1.165, 1.54) is 0 Å². The van der Waals surface area contributed by atoms with Crippen LogP contribution >= 0.6 is 0 Å². The summed E-state index contributed by atoms with van der Waals surface area (Å²) in [6.45, 7) is 0.732. The van der Waals surface area contributed by atoms with Crippen LogP contribution in [0.2, 0.25) is 0 Å². The Morgan fingerprint density at radius 1 is 1.62 bits per heavy atom. The minimum atomic E-state index is -1.30. The summed E-state index contributed by atoms with van der Waals surface area (Å²) in [6, 6.07) is 3.65. The van der Waals surface area contributed by atoms with Crippen molar-refractivity contribution in [3.05, 3.63) is 30.1 Å². The van der Waals surface area contributed by atoms with Gasteiger partial charge in [-0.15, -0.1) is 0 Å². The van der Waals surface area contributed by atoms with Gasteiger partial charge in [0.15, 0.2) is 0 Å². The van der Waals surface area contributed by atoms with E-state index in [0.717, 1.165) is 5.56 Å². The first-order chi connectivity index (χ1) is 7.79. The van der Waals surface area contributed by atoms with Gasteiger partial charge in [0, 0.05) is 24.5 Å². The summed E-state index contributed by atoms with van der Waals surface area (Å²) in [5, 5.41) is 12.0. The number of amides is 1. The van der Waals surface area contributed by atoms with E-state index in [4.69, 9.17) is 4.74 Å². The van der Waals surface area contributed by atoms with Crippen LogP contribution in [0.1, 0.15) is 5.56 Å². The molecular weight excluding hydrogens is 208 g/mol. The van der Waals surface area contributed by atoms with Crippen molar-refractivity contribution in [2.45, 2.75) is 0 Å². The molecule has 0 saturated heterocycles. The monoisotopic (exact) mass is 219 g/mol. The minimum absolute atomic E-state index is 0.205. The van der Waals surface area contributed by atoms with E-state index in [2.05, 4.69) is 22.1 Å². The molecule has 0 radical (unpaired) electrons. The molecule has 0 saturated carbocycles. The smallest absolute Gasteiger partial charge is 0.134 e. The molecule has 0 aliphatic carbocycles. The molecular formula is C11H11N2O3-. The number of aromatic nitrogens is 1. The molecule has 16 heavy (non-hydrogen) atoms. The molecule has 0 aliphatic rings. The van der Waals surface area contributed by atoms with Crippen LogP contribution in [-0.4, -0.2) is 30.8 Å². The van der Waals surface area contributed by atoms with Crippen molar-refractivity contribution in [1.29, 1.82) is 0 Å². The highest BCUT2D eigenvalue weighted by atomic mass is 16.5. The largest absolute Gasteiger partial charge is 0.530 e. The van der Waals surface area contributed by atoms with Crippen LogP contribution in [-0.2, 0) is 4.74 Å². The maximum absolute atomic E-state index is 9.96. The van der Waals surface area contributed by atoms with Crippen molar-refractivity contribution >= 4 is 6.09 Å². The van der Waals surface area contributed by atoms with Gasteiger partial charge < -0.3 is 20.0 Å². The first-order valence-electron chi connectivity index (χ1n) is 4.70. The Morgan fingerprint density at radius 3 is 3.19 bits per heavy atom. The van der Waals surface area contributed by atoms with E-state index in [0.29, 0.717) is 0 Å². The molecule has 0 fully saturated rings. The van der Waals surface area contributed by atoms with Crippen LogP contribution in [0.15, 0.2) is 24.5 Å². The number of pyridine rings is 1. The lowest BCUT2D eigenvalue weighted by Gasteiger charge is -2.04. The highest BCUT2D eigenvalue weighted by Crippen LogP contribution is 1.90. The summed E-state index contributed by atoms with van der Waals surface area (Å²) in [7, 11) is 0. The SMILES string of the molecule is O=C([O-])NCCOCC#Cc1cccnc1. The van der Waals surface area contributed by atoms with Gasteiger partial charge in [-0.3, -0.25) is 4.98 Å². The van der Waals surface area contributed by atoms with E-state index in [1.54, 1.807) is 18.5 Å². The Bertz CT molecular complexity index is 381. The number of ether oxygens (including phenoxy) is 1. The fourth-order valence-corrected chi connectivity index (χ4v) is 0.923. The van der Waals surface area contributed by atoms with Gasteiger partial charge in [-0.25, -0.2) is 0 Å². The Labute approximate surface area is 93.5 Å². The molecule has 1 heterocycles. The zero-order chi connectivity index (χ0) is 11.6. The van der Waals surface area contributed by atoms with Gasteiger partial charge in [-0.05, 0) is 12.1 Å². The van der Waals surface area contributed by atoms with Gasteiger partial charge >= 0.3 is 0 Å².